The van der Waals surface area contributed by atoms with E-state index >= 15 is 0 Å². The molecule has 1 rings (SSSR count). The predicted octanol–water partition coefficient (Wildman–Crippen LogP) is 0.947. The molecule has 0 atom stereocenters. The summed E-state index contributed by atoms with van der Waals surface area (Å²) in [5.74, 6) is 0. The van der Waals surface area contributed by atoms with Crippen LogP contribution in [-0.2, 0) is 10.0 Å². The molecule has 0 unspecified atom stereocenters. The standard InChI is InChI=1S/C9H10F3N3O2S2/c10-9(11,12)3-5-15-19(16,17)6-2-1-4-14-7(6)8(13)18/h1-2,4,15H,3,5H2,(H2,13,18). The molecule has 5 nitrogen and oxygen atoms in total. The molecular formula is C9H10F3N3O2S2. The number of rotatable bonds is 5. The smallest absolute Gasteiger partial charge is 0.388 e. The number of nitrogens with one attached hydrogen (secondary N) is 1. The summed E-state index contributed by atoms with van der Waals surface area (Å²) in [6.45, 7) is -0.766. The van der Waals surface area contributed by atoms with Gasteiger partial charge in [0.15, 0.2) is 0 Å². The SMILES string of the molecule is NC(=S)c1ncccc1S(=O)(=O)NCCC(F)(F)F. The lowest BCUT2D eigenvalue weighted by Gasteiger charge is -2.10. The quantitative estimate of drug-likeness (QED) is 0.791. The van der Waals surface area contributed by atoms with Gasteiger partial charge in [-0.05, 0) is 12.1 Å². The molecule has 0 radical (unpaired) electrons. The van der Waals surface area contributed by atoms with Crippen LogP contribution in [0, 0.1) is 0 Å². The van der Waals surface area contributed by atoms with E-state index in [1.165, 1.54) is 12.3 Å². The summed E-state index contributed by atoms with van der Waals surface area (Å²) < 4.78 is 61.3. The minimum absolute atomic E-state index is 0.156. The van der Waals surface area contributed by atoms with E-state index in [1.54, 1.807) is 0 Å². The number of nitrogens with two attached hydrogens (primary N) is 1. The number of nitrogens with zero attached hydrogens (tertiary/aromatic N) is 1. The van der Waals surface area contributed by atoms with E-state index in [-0.39, 0.29) is 15.6 Å². The molecule has 3 N–H and O–H groups in total. The predicted molar refractivity (Wildman–Crippen MR) is 66.0 cm³/mol. The van der Waals surface area contributed by atoms with Gasteiger partial charge in [0.05, 0.1) is 6.42 Å². The lowest BCUT2D eigenvalue weighted by atomic mass is 10.3. The van der Waals surface area contributed by atoms with Crippen LogP contribution < -0.4 is 10.5 Å². The van der Waals surface area contributed by atoms with Gasteiger partial charge in [-0.25, -0.2) is 13.1 Å². The highest BCUT2D eigenvalue weighted by Crippen LogP contribution is 2.19. The zero-order valence-electron chi connectivity index (χ0n) is 9.44. The fourth-order valence-corrected chi connectivity index (χ4v) is 2.63. The molecule has 0 saturated heterocycles. The van der Waals surface area contributed by atoms with Crippen molar-refractivity contribution in [3.8, 4) is 0 Å². The van der Waals surface area contributed by atoms with E-state index < -0.39 is 29.2 Å². The first-order valence-electron chi connectivity index (χ1n) is 4.95. The minimum atomic E-state index is -4.44. The van der Waals surface area contributed by atoms with Gasteiger partial charge in [-0.2, -0.15) is 13.2 Å². The van der Waals surface area contributed by atoms with Crippen LogP contribution in [-0.4, -0.2) is 31.1 Å². The van der Waals surface area contributed by atoms with Crippen LogP contribution in [0.2, 0.25) is 0 Å². The molecule has 0 aliphatic rings. The highest BCUT2D eigenvalue weighted by molar-refractivity contribution is 7.89. The fourth-order valence-electron chi connectivity index (χ4n) is 1.20. The van der Waals surface area contributed by atoms with Crippen LogP contribution in [0.3, 0.4) is 0 Å². The van der Waals surface area contributed by atoms with Crippen LogP contribution in [0.15, 0.2) is 23.2 Å². The summed E-state index contributed by atoms with van der Waals surface area (Å²) in [5.41, 5.74) is 5.15. The molecule has 1 aromatic heterocycles. The second kappa shape index (κ2) is 5.80. The van der Waals surface area contributed by atoms with Crippen molar-refractivity contribution in [2.75, 3.05) is 6.54 Å². The number of sulfonamides is 1. The lowest BCUT2D eigenvalue weighted by molar-refractivity contribution is -0.132. The van der Waals surface area contributed by atoms with E-state index in [2.05, 4.69) is 17.2 Å². The molecule has 19 heavy (non-hydrogen) atoms. The normalized spacial score (nSPS) is 12.4. The molecule has 0 aliphatic carbocycles. The Kier molecular flexibility index (Phi) is 4.82. The number of hydrogen-bond acceptors (Lipinski definition) is 4. The van der Waals surface area contributed by atoms with Gasteiger partial charge in [-0.3, -0.25) is 4.98 Å². The van der Waals surface area contributed by atoms with Crippen molar-refractivity contribution in [2.45, 2.75) is 17.5 Å². The van der Waals surface area contributed by atoms with Crippen molar-refractivity contribution in [3.63, 3.8) is 0 Å². The molecule has 0 bridgehead atoms. The van der Waals surface area contributed by atoms with Gasteiger partial charge in [0.2, 0.25) is 10.0 Å². The maximum atomic E-state index is 12.0. The summed E-state index contributed by atoms with van der Waals surface area (Å²) >= 11 is 4.63. The largest absolute Gasteiger partial charge is 0.390 e. The number of halogens is 3. The summed E-state index contributed by atoms with van der Waals surface area (Å²) in [7, 11) is -4.14. The second-order valence-corrected chi connectivity index (χ2v) is 5.65. The van der Waals surface area contributed by atoms with E-state index in [1.807, 2.05) is 4.72 Å². The first kappa shape index (κ1) is 15.8. The average molecular weight is 313 g/mol. The zero-order chi connectivity index (χ0) is 14.7. The summed E-state index contributed by atoms with van der Waals surface area (Å²) in [6.07, 6.45) is -4.43. The first-order valence-corrected chi connectivity index (χ1v) is 6.84. The molecule has 0 saturated carbocycles. The Morgan fingerprint density at radius 2 is 2.11 bits per heavy atom. The maximum Gasteiger partial charge on any atom is 0.390 e. The van der Waals surface area contributed by atoms with Gasteiger partial charge < -0.3 is 5.73 Å². The van der Waals surface area contributed by atoms with E-state index in [0.717, 1.165) is 6.07 Å². The summed E-state index contributed by atoms with van der Waals surface area (Å²) in [4.78, 5) is 3.10. The molecule has 0 amide bonds. The van der Waals surface area contributed by atoms with Gasteiger partial charge in [0.1, 0.15) is 15.6 Å². The topological polar surface area (TPSA) is 85.1 Å². The monoisotopic (exact) mass is 313 g/mol. The van der Waals surface area contributed by atoms with Crippen molar-refractivity contribution in [1.82, 2.24) is 9.71 Å². The van der Waals surface area contributed by atoms with Crippen LogP contribution in [0.4, 0.5) is 13.2 Å². The summed E-state index contributed by atoms with van der Waals surface area (Å²) in [6, 6.07) is 2.48. The van der Waals surface area contributed by atoms with Crippen molar-refractivity contribution in [2.24, 2.45) is 5.73 Å². The third kappa shape index (κ3) is 4.73. The van der Waals surface area contributed by atoms with E-state index in [0.29, 0.717) is 0 Å². The molecular weight excluding hydrogens is 303 g/mol. The minimum Gasteiger partial charge on any atom is -0.388 e. The molecule has 0 spiro atoms. The molecule has 0 fully saturated rings. The number of hydrogen-bond donors (Lipinski definition) is 2. The Labute approximate surface area is 113 Å². The summed E-state index contributed by atoms with van der Waals surface area (Å²) in [5, 5.41) is 0. The van der Waals surface area contributed by atoms with Gasteiger partial charge in [-0.1, -0.05) is 12.2 Å². The second-order valence-electron chi connectivity index (χ2n) is 3.48. The lowest BCUT2D eigenvalue weighted by Crippen LogP contribution is -2.30. The van der Waals surface area contributed by atoms with Crippen LogP contribution in [0.25, 0.3) is 0 Å². The fraction of sp³-hybridized carbons (Fsp3) is 0.333. The van der Waals surface area contributed by atoms with Crippen molar-refractivity contribution < 1.29 is 21.6 Å². The van der Waals surface area contributed by atoms with Gasteiger partial charge in [-0.15, -0.1) is 0 Å². The van der Waals surface area contributed by atoms with Crippen molar-refractivity contribution in [3.05, 3.63) is 24.0 Å². The number of pyridine rings is 1. The Balaban J connectivity index is 2.92. The van der Waals surface area contributed by atoms with Crippen molar-refractivity contribution in [1.29, 1.82) is 0 Å². The van der Waals surface area contributed by atoms with E-state index in [9.17, 15) is 21.6 Å². The van der Waals surface area contributed by atoms with E-state index in [4.69, 9.17) is 5.73 Å². The zero-order valence-corrected chi connectivity index (χ0v) is 11.1. The Hall–Kier alpha value is -1.26. The molecule has 106 valence electrons. The Bertz CT molecular complexity index is 572. The maximum absolute atomic E-state index is 12.0. The van der Waals surface area contributed by atoms with Gasteiger partial charge in [0.25, 0.3) is 0 Å². The number of aromatic nitrogens is 1. The van der Waals surface area contributed by atoms with Gasteiger partial charge >= 0.3 is 6.18 Å². The third-order valence-corrected chi connectivity index (χ3v) is 3.68. The van der Waals surface area contributed by atoms with Crippen LogP contribution >= 0.6 is 12.2 Å². The number of thiocarbonyl (C=S) groups is 1. The Morgan fingerprint density at radius 3 is 2.63 bits per heavy atom. The highest BCUT2D eigenvalue weighted by atomic mass is 32.2. The molecule has 1 heterocycles. The highest BCUT2D eigenvalue weighted by Gasteiger charge is 2.28. The number of alkyl halides is 3. The van der Waals surface area contributed by atoms with Crippen LogP contribution in [0.1, 0.15) is 12.1 Å². The molecule has 0 aromatic carbocycles. The van der Waals surface area contributed by atoms with Crippen LogP contribution in [0.5, 0.6) is 0 Å². The first-order chi connectivity index (χ1) is 8.63. The third-order valence-electron chi connectivity index (χ3n) is 1.99. The molecule has 0 aliphatic heterocycles. The average Bonchev–Trinajstić information content (AvgIpc) is 2.27. The Morgan fingerprint density at radius 1 is 1.47 bits per heavy atom. The molecule has 10 heteroatoms. The molecule has 1 aromatic rings. The van der Waals surface area contributed by atoms with Gasteiger partial charge in [0, 0.05) is 12.7 Å². The van der Waals surface area contributed by atoms with Crippen molar-refractivity contribution >= 4 is 27.2 Å².